The van der Waals surface area contributed by atoms with Crippen molar-refractivity contribution in [3.05, 3.63) is 46.7 Å². The highest BCUT2D eigenvalue weighted by molar-refractivity contribution is 6.30. The molecule has 2 aromatic rings. The number of aromatic amines is 1. The molecule has 0 bridgehead atoms. The molecule has 138 valence electrons. The van der Waals surface area contributed by atoms with Crippen LogP contribution in [0.5, 0.6) is 0 Å². The first-order chi connectivity index (χ1) is 12.5. The summed E-state index contributed by atoms with van der Waals surface area (Å²) in [5.41, 5.74) is 1.95. The van der Waals surface area contributed by atoms with Gasteiger partial charge in [-0.15, -0.1) is 0 Å². The third-order valence-electron chi connectivity index (χ3n) is 4.64. The SMILES string of the molecule is CCCCC1CN(c2cccc(Cl)c2)C(=O)CN1C(=O)c1cc(C)[nH]n1. The van der Waals surface area contributed by atoms with Gasteiger partial charge < -0.3 is 9.80 Å². The van der Waals surface area contributed by atoms with Gasteiger partial charge in [0.05, 0.1) is 6.04 Å². The number of nitrogens with zero attached hydrogens (tertiary/aromatic N) is 3. The van der Waals surface area contributed by atoms with Crippen LogP contribution in [0.2, 0.25) is 5.02 Å². The minimum atomic E-state index is -0.199. The molecule has 1 fully saturated rings. The lowest BCUT2D eigenvalue weighted by Gasteiger charge is -2.41. The van der Waals surface area contributed by atoms with Crippen LogP contribution in [0.15, 0.2) is 30.3 Å². The van der Waals surface area contributed by atoms with Crippen molar-refractivity contribution in [2.75, 3.05) is 18.0 Å². The Morgan fingerprint density at radius 3 is 2.85 bits per heavy atom. The zero-order valence-corrected chi connectivity index (χ0v) is 15.8. The van der Waals surface area contributed by atoms with Gasteiger partial charge in [-0.05, 0) is 37.6 Å². The van der Waals surface area contributed by atoms with Crippen molar-refractivity contribution in [1.82, 2.24) is 15.1 Å². The summed E-state index contributed by atoms with van der Waals surface area (Å²) in [5, 5.41) is 7.44. The van der Waals surface area contributed by atoms with Crippen LogP contribution >= 0.6 is 11.6 Å². The molecule has 1 aliphatic rings. The summed E-state index contributed by atoms with van der Waals surface area (Å²) in [6, 6.07) is 8.93. The Hall–Kier alpha value is -2.34. The standard InChI is InChI=1S/C19H23ClN4O2/c1-3-4-7-16-11-23(15-8-5-6-14(20)10-15)18(25)12-24(16)19(26)17-9-13(2)21-22-17/h5-6,8-10,16H,3-4,7,11-12H2,1-2H3,(H,21,22). The molecule has 1 aromatic heterocycles. The van der Waals surface area contributed by atoms with E-state index in [2.05, 4.69) is 17.1 Å². The van der Waals surface area contributed by atoms with Crippen LogP contribution in [0.25, 0.3) is 0 Å². The van der Waals surface area contributed by atoms with E-state index in [4.69, 9.17) is 11.6 Å². The molecule has 1 aliphatic heterocycles. The monoisotopic (exact) mass is 374 g/mol. The number of benzene rings is 1. The van der Waals surface area contributed by atoms with Crippen molar-refractivity contribution in [2.45, 2.75) is 39.2 Å². The first-order valence-electron chi connectivity index (χ1n) is 8.88. The molecule has 0 spiro atoms. The number of hydrogen-bond acceptors (Lipinski definition) is 3. The molecule has 1 atom stereocenters. The van der Waals surface area contributed by atoms with Gasteiger partial charge in [-0.2, -0.15) is 5.10 Å². The second-order valence-corrected chi connectivity index (χ2v) is 7.09. The third kappa shape index (κ3) is 3.90. The van der Waals surface area contributed by atoms with E-state index in [-0.39, 0.29) is 24.4 Å². The number of anilines is 1. The number of hydrogen-bond donors (Lipinski definition) is 1. The molecule has 2 amide bonds. The number of amides is 2. The number of carbonyl (C=O) groups is 2. The van der Waals surface area contributed by atoms with Gasteiger partial charge in [-0.25, -0.2) is 0 Å². The van der Waals surface area contributed by atoms with Crippen molar-refractivity contribution in [3.8, 4) is 0 Å². The predicted octanol–water partition coefficient (Wildman–Crippen LogP) is 3.42. The topological polar surface area (TPSA) is 69.3 Å². The normalized spacial score (nSPS) is 17.7. The van der Waals surface area contributed by atoms with E-state index in [1.165, 1.54) is 0 Å². The Bertz CT molecular complexity index is 804. The van der Waals surface area contributed by atoms with Crippen LogP contribution < -0.4 is 4.90 Å². The largest absolute Gasteiger partial charge is 0.323 e. The molecule has 26 heavy (non-hydrogen) atoms. The lowest BCUT2D eigenvalue weighted by Crippen LogP contribution is -2.58. The van der Waals surface area contributed by atoms with E-state index in [1.807, 2.05) is 19.1 Å². The fraction of sp³-hybridized carbons (Fsp3) is 0.421. The highest BCUT2D eigenvalue weighted by Gasteiger charge is 2.36. The van der Waals surface area contributed by atoms with Gasteiger partial charge in [0.1, 0.15) is 12.2 Å². The maximum Gasteiger partial charge on any atom is 0.275 e. The molecule has 3 rings (SSSR count). The van der Waals surface area contributed by atoms with Gasteiger partial charge in [-0.1, -0.05) is 37.4 Å². The first kappa shape index (κ1) is 18.5. The number of unbranched alkanes of at least 4 members (excludes halogenated alkanes) is 1. The lowest BCUT2D eigenvalue weighted by atomic mass is 10.0. The van der Waals surface area contributed by atoms with E-state index in [0.29, 0.717) is 17.3 Å². The van der Waals surface area contributed by atoms with Gasteiger partial charge in [0.15, 0.2) is 0 Å². The van der Waals surface area contributed by atoms with E-state index in [0.717, 1.165) is 30.6 Å². The van der Waals surface area contributed by atoms with Crippen LogP contribution in [0.4, 0.5) is 5.69 Å². The zero-order valence-electron chi connectivity index (χ0n) is 15.0. The highest BCUT2D eigenvalue weighted by Crippen LogP contribution is 2.26. The third-order valence-corrected chi connectivity index (χ3v) is 4.87. The molecule has 7 heteroatoms. The van der Waals surface area contributed by atoms with Crippen LogP contribution in [0, 0.1) is 6.92 Å². The van der Waals surface area contributed by atoms with E-state index in [1.54, 1.807) is 28.0 Å². The number of aromatic nitrogens is 2. The Kier molecular flexibility index (Phi) is 5.61. The molecule has 0 saturated carbocycles. The number of piperazine rings is 1. The quantitative estimate of drug-likeness (QED) is 0.871. The highest BCUT2D eigenvalue weighted by atomic mass is 35.5. The fourth-order valence-corrected chi connectivity index (χ4v) is 3.45. The number of aryl methyl sites for hydroxylation is 1. The number of H-pyrrole nitrogens is 1. The van der Waals surface area contributed by atoms with Crippen molar-refractivity contribution in [3.63, 3.8) is 0 Å². The van der Waals surface area contributed by atoms with Crippen molar-refractivity contribution < 1.29 is 9.59 Å². The van der Waals surface area contributed by atoms with Crippen molar-refractivity contribution >= 4 is 29.1 Å². The van der Waals surface area contributed by atoms with Crippen LogP contribution in [-0.2, 0) is 4.79 Å². The summed E-state index contributed by atoms with van der Waals surface area (Å²) < 4.78 is 0. The second kappa shape index (κ2) is 7.91. The van der Waals surface area contributed by atoms with E-state index < -0.39 is 0 Å². The molecular weight excluding hydrogens is 352 g/mol. The van der Waals surface area contributed by atoms with Gasteiger partial charge in [-0.3, -0.25) is 14.7 Å². The maximum absolute atomic E-state index is 12.9. The number of nitrogens with one attached hydrogen (secondary N) is 1. The predicted molar refractivity (Wildman–Crippen MR) is 101 cm³/mol. The summed E-state index contributed by atoms with van der Waals surface area (Å²) in [5.74, 6) is -0.310. The number of carbonyl (C=O) groups excluding carboxylic acids is 2. The minimum Gasteiger partial charge on any atom is -0.323 e. The number of halogens is 1. The Morgan fingerprint density at radius 2 is 2.19 bits per heavy atom. The van der Waals surface area contributed by atoms with Gasteiger partial charge in [0.2, 0.25) is 5.91 Å². The van der Waals surface area contributed by atoms with Crippen molar-refractivity contribution in [1.29, 1.82) is 0 Å². The van der Waals surface area contributed by atoms with E-state index >= 15 is 0 Å². The van der Waals surface area contributed by atoms with Gasteiger partial charge in [0.25, 0.3) is 5.91 Å². The molecule has 1 N–H and O–H groups in total. The van der Waals surface area contributed by atoms with Crippen molar-refractivity contribution in [2.24, 2.45) is 0 Å². The summed E-state index contributed by atoms with van der Waals surface area (Å²) in [7, 11) is 0. The van der Waals surface area contributed by atoms with Gasteiger partial charge >= 0.3 is 0 Å². The number of rotatable bonds is 5. The average Bonchev–Trinajstić information content (AvgIpc) is 3.06. The van der Waals surface area contributed by atoms with Crippen LogP contribution in [0.3, 0.4) is 0 Å². The molecule has 0 aliphatic carbocycles. The summed E-state index contributed by atoms with van der Waals surface area (Å²) in [4.78, 5) is 29.0. The zero-order chi connectivity index (χ0) is 18.7. The van der Waals surface area contributed by atoms with Gasteiger partial charge in [0, 0.05) is 22.9 Å². The van der Waals surface area contributed by atoms with Crippen LogP contribution in [-0.4, -0.2) is 46.0 Å². The molecule has 1 unspecified atom stereocenters. The Labute approximate surface area is 158 Å². The maximum atomic E-state index is 12.9. The lowest BCUT2D eigenvalue weighted by molar-refractivity contribution is -0.121. The smallest absolute Gasteiger partial charge is 0.275 e. The molecule has 0 radical (unpaired) electrons. The second-order valence-electron chi connectivity index (χ2n) is 6.65. The summed E-state index contributed by atoms with van der Waals surface area (Å²) in [6.45, 7) is 4.48. The molecular formula is C19H23ClN4O2. The van der Waals surface area contributed by atoms with Crippen LogP contribution in [0.1, 0.15) is 42.4 Å². The van der Waals surface area contributed by atoms with E-state index in [9.17, 15) is 9.59 Å². The minimum absolute atomic E-state index is 0.0452. The summed E-state index contributed by atoms with van der Waals surface area (Å²) >= 11 is 6.08. The molecule has 1 aromatic carbocycles. The molecule has 1 saturated heterocycles. The Morgan fingerprint density at radius 1 is 1.38 bits per heavy atom. The fourth-order valence-electron chi connectivity index (χ4n) is 3.26. The molecule has 2 heterocycles. The first-order valence-corrected chi connectivity index (χ1v) is 9.26. The Balaban J connectivity index is 1.85. The average molecular weight is 375 g/mol. The molecule has 6 nitrogen and oxygen atoms in total. The summed E-state index contributed by atoms with van der Waals surface area (Å²) in [6.07, 6.45) is 2.87.